The second-order valence-corrected chi connectivity index (χ2v) is 24.0. The number of aromatic nitrogens is 1. The van der Waals surface area contributed by atoms with E-state index in [4.69, 9.17) is 0 Å². The molecule has 0 N–H and O–H groups in total. The molecule has 16 rings (SSSR count). The Morgan fingerprint density at radius 1 is 0.376 bits per heavy atom. The lowest BCUT2D eigenvalue weighted by Crippen LogP contribution is -2.26. The van der Waals surface area contributed by atoms with E-state index >= 15 is 0 Å². The molecule has 1 saturated carbocycles. The van der Waals surface area contributed by atoms with Crippen molar-refractivity contribution < 1.29 is 0 Å². The van der Waals surface area contributed by atoms with Crippen LogP contribution in [0.5, 0.6) is 0 Å². The molecule has 1 aromatic heterocycles. The van der Waals surface area contributed by atoms with Crippen molar-refractivity contribution in [3.05, 3.63) is 312 Å². The summed E-state index contributed by atoms with van der Waals surface area (Å²) >= 11 is 0. The quantitative estimate of drug-likeness (QED) is 0.104. The van der Waals surface area contributed by atoms with Gasteiger partial charge in [-0.15, -0.1) is 0 Å². The lowest BCUT2D eigenvalue weighted by molar-refractivity contribution is 0.718. The third kappa shape index (κ3) is 8.44. The molecule has 0 atom stereocenters. The fraction of sp³-hybridized carbons (Fsp3) is 0.133. The van der Waals surface area contributed by atoms with Crippen molar-refractivity contribution in [2.24, 2.45) is 0 Å². The number of aryl methyl sites for hydroxylation is 1. The SMILES string of the molecule is CCCCCc1ccc2c(c1)c1cc(C3CCCC3)ccc1n2-c1ccc(-c2ccc(-c3ccc(N(c4ccc5c(c4)C4(c6ccccc6-c6ccccc64)c4ccccc4-5)c4c(-c5ccccc5)cccc4-c4ccccc4)cc3)cc2)cc1. The number of rotatable bonds is 13. The zero-order valence-electron chi connectivity index (χ0n) is 48.2. The predicted octanol–water partition coefficient (Wildman–Crippen LogP) is 22.7. The number of unbranched alkanes of at least 4 members (excludes halogenated alkanes) is 2. The number of fused-ring (bicyclic) bond motifs is 13. The molecule has 1 spiro atoms. The lowest BCUT2D eigenvalue weighted by atomic mass is 9.70. The average molecular weight is 1090 g/mol. The van der Waals surface area contributed by atoms with E-state index in [9.17, 15) is 0 Å². The van der Waals surface area contributed by atoms with Gasteiger partial charge in [0.15, 0.2) is 0 Å². The number of benzene rings is 12. The van der Waals surface area contributed by atoms with Crippen molar-refractivity contribution in [2.45, 2.75) is 69.6 Å². The maximum absolute atomic E-state index is 2.53. The summed E-state index contributed by atoms with van der Waals surface area (Å²) < 4.78 is 2.49. The number of anilines is 3. The second kappa shape index (κ2) is 21.1. The second-order valence-electron chi connectivity index (χ2n) is 24.0. The molecule has 12 aromatic carbocycles. The van der Waals surface area contributed by atoms with Gasteiger partial charge in [0.25, 0.3) is 0 Å². The highest BCUT2D eigenvalue weighted by Crippen LogP contribution is 2.63. The van der Waals surface area contributed by atoms with Crippen LogP contribution in [0.3, 0.4) is 0 Å². The topological polar surface area (TPSA) is 8.17 Å². The van der Waals surface area contributed by atoms with E-state index in [0.29, 0.717) is 5.92 Å². The predicted molar refractivity (Wildman–Crippen MR) is 358 cm³/mol. The molecule has 1 fully saturated rings. The largest absolute Gasteiger partial charge is 0.309 e. The summed E-state index contributed by atoms with van der Waals surface area (Å²) in [4.78, 5) is 2.53. The van der Waals surface area contributed by atoms with Gasteiger partial charge in [0, 0.05) is 39.0 Å². The highest BCUT2D eigenvalue weighted by atomic mass is 15.1. The van der Waals surface area contributed by atoms with Crippen LogP contribution in [0.4, 0.5) is 17.1 Å². The zero-order chi connectivity index (χ0) is 56.4. The Bertz CT molecular complexity index is 4520. The fourth-order valence-electron chi connectivity index (χ4n) is 15.2. The van der Waals surface area contributed by atoms with Crippen molar-refractivity contribution in [3.8, 4) is 72.4 Å². The molecule has 408 valence electrons. The standard InChI is InChI=1S/C83H66N2/c1-2-3-6-20-56-35-51-80-74(53-56)75-54-64(57-21-11-12-22-57)44-52-81(75)85(80)66-47-42-61(43-48-66)59-38-36-58(37-39-59)60-40-45-65(46-41-60)84(82-68(62-23-7-4-8-24-62)30-19-31-69(82)63-25-9-5-10-26-63)67-49-50-73-72-29-15-18-34-78(72)83(79(73)55-67)76-32-16-13-27-70(76)71-28-14-17-33-77(71)83/h4-5,7-10,13-19,23-55,57H,2-3,6,11-12,20-22H2,1H3. The first-order valence-corrected chi connectivity index (χ1v) is 31.0. The average Bonchev–Trinajstić information content (AvgIpc) is 1.57. The van der Waals surface area contributed by atoms with E-state index in [-0.39, 0.29) is 0 Å². The molecule has 2 heteroatoms. The van der Waals surface area contributed by atoms with Crippen LogP contribution in [0.2, 0.25) is 0 Å². The highest BCUT2D eigenvalue weighted by Gasteiger charge is 2.51. The summed E-state index contributed by atoms with van der Waals surface area (Å²) in [6.07, 6.45) is 10.2. The molecule has 1 heterocycles. The molecule has 2 nitrogen and oxygen atoms in total. The fourth-order valence-corrected chi connectivity index (χ4v) is 15.2. The zero-order valence-corrected chi connectivity index (χ0v) is 48.2. The Morgan fingerprint density at radius 2 is 0.847 bits per heavy atom. The van der Waals surface area contributed by atoms with Crippen LogP contribution >= 0.6 is 0 Å². The third-order valence-electron chi connectivity index (χ3n) is 19.2. The minimum atomic E-state index is -0.483. The maximum atomic E-state index is 2.53. The van der Waals surface area contributed by atoms with Gasteiger partial charge in [0.05, 0.1) is 22.1 Å². The van der Waals surface area contributed by atoms with Gasteiger partial charge in [0.2, 0.25) is 0 Å². The Kier molecular flexibility index (Phi) is 12.7. The molecule has 3 aliphatic rings. The molecule has 0 aliphatic heterocycles. The summed E-state index contributed by atoms with van der Waals surface area (Å²) in [6.45, 7) is 2.29. The van der Waals surface area contributed by atoms with Gasteiger partial charge in [-0.3, -0.25) is 0 Å². The molecule has 85 heavy (non-hydrogen) atoms. The molecule has 13 aromatic rings. The first-order valence-electron chi connectivity index (χ1n) is 31.0. The number of hydrogen-bond acceptors (Lipinski definition) is 1. The van der Waals surface area contributed by atoms with E-state index < -0.39 is 5.41 Å². The van der Waals surface area contributed by atoms with E-state index in [1.54, 1.807) is 0 Å². The van der Waals surface area contributed by atoms with Gasteiger partial charge in [-0.25, -0.2) is 0 Å². The minimum Gasteiger partial charge on any atom is -0.309 e. The normalized spacial score (nSPS) is 13.8. The third-order valence-corrected chi connectivity index (χ3v) is 19.2. The van der Waals surface area contributed by atoms with E-state index in [0.717, 1.165) is 23.5 Å². The van der Waals surface area contributed by atoms with Crippen LogP contribution in [0, 0.1) is 0 Å². The van der Waals surface area contributed by atoms with E-state index in [1.165, 1.54) is 173 Å². The van der Waals surface area contributed by atoms with Gasteiger partial charge in [-0.1, -0.05) is 251 Å². The molecule has 0 amide bonds. The summed E-state index contributed by atoms with van der Waals surface area (Å²) in [6, 6.07) is 105. The Labute approximate surface area is 500 Å². The van der Waals surface area contributed by atoms with Crippen LogP contribution < -0.4 is 4.90 Å². The van der Waals surface area contributed by atoms with Crippen LogP contribution in [0.1, 0.15) is 91.2 Å². The molecular weight excluding hydrogens is 1020 g/mol. The first-order chi connectivity index (χ1) is 42.1. The van der Waals surface area contributed by atoms with E-state index in [1.807, 2.05) is 0 Å². The molecule has 0 bridgehead atoms. The van der Waals surface area contributed by atoms with Crippen molar-refractivity contribution in [3.63, 3.8) is 0 Å². The Balaban J connectivity index is 0.780. The molecule has 3 aliphatic carbocycles. The van der Waals surface area contributed by atoms with Crippen molar-refractivity contribution in [1.82, 2.24) is 4.57 Å². The molecule has 0 saturated heterocycles. The number of hydrogen-bond donors (Lipinski definition) is 0. The van der Waals surface area contributed by atoms with Crippen LogP contribution in [-0.4, -0.2) is 4.57 Å². The van der Waals surface area contributed by atoms with Crippen LogP contribution in [-0.2, 0) is 11.8 Å². The van der Waals surface area contributed by atoms with Crippen molar-refractivity contribution in [2.75, 3.05) is 4.90 Å². The summed E-state index contributed by atoms with van der Waals surface area (Å²) in [5, 5.41) is 2.76. The molecule has 0 radical (unpaired) electrons. The number of para-hydroxylation sites is 1. The lowest BCUT2D eigenvalue weighted by Gasteiger charge is -2.33. The molecular formula is C83H66N2. The summed E-state index contributed by atoms with van der Waals surface area (Å²) in [7, 11) is 0. The Morgan fingerprint density at radius 3 is 1.41 bits per heavy atom. The minimum absolute atomic E-state index is 0.483. The van der Waals surface area contributed by atoms with E-state index in [2.05, 4.69) is 295 Å². The Hall–Kier alpha value is -9.76. The monoisotopic (exact) mass is 1090 g/mol. The first kappa shape index (κ1) is 50.9. The van der Waals surface area contributed by atoms with Crippen LogP contribution in [0.25, 0.3) is 94.3 Å². The number of nitrogens with zero attached hydrogens (tertiary/aromatic N) is 2. The van der Waals surface area contributed by atoms with Crippen LogP contribution in [0.15, 0.2) is 279 Å². The van der Waals surface area contributed by atoms with Gasteiger partial charge in [0.1, 0.15) is 0 Å². The van der Waals surface area contributed by atoms with Gasteiger partial charge in [-0.2, -0.15) is 0 Å². The van der Waals surface area contributed by atoms with Crippen molar-refractivity contribution >= 4 is 38.9 Å². The van der Waals surface area contributed by atoms with Gasteiger partial charge >= 0.3 is 0 Å². The maximum Gasteiger partial charge on any atom is 0.0726 e. The summed E-state index contributed by atoms with van der Waals surface area (Å²) in [5.74, 6) is 0.678. The highest BCUT2D eigenvalue weighted by molar-refractivity contribution is 6.10. The smallest absolute Gasteiger partial charge is 0.0726 e. The van der Waals surface area contributed by atoms with Crippen molar-refractivity contribution in [1.29, 1.82) is 0 Å². The summed E-state index contributed by atoms with van der Waals surface area (Å²) in [5.41, 5.74) is 29.5. The van der Waals surface area contributed by atoms with Gasteiger partial charge < -0.3 is 9.47 Å². The van der Waals surface area contributed by atoms with Gasteiger partial charge in [-0.05, 0) is 181 Å². The molecule has 0 unspecified atom stereocenters.